The second-order valence-corrected chi connectivity index (χ2v) is 29.5. The van der Waals surface area contributed by atoms with Crippen LogP contribution in [0.1, 0.15) is 141 Å². The van der Waals surface area contributed by atoms with Crippen molar-refractivity contribution in [1.82, 2.24) is 37.2 Å². The number of carbonyl (C=O) groups is 17. The van der Waals surface area contributed by atoms with Gasteiger partial charge in [0.05, 0.1) is 139 Å². The normalized spacial score (nSPS) is 22.1. The quantitative estimate of drug-likeness (QED) is 0.0170. The summed E-state index contributed by atoms with van der Waals surface area (Å²) in [6.07, 6.45) is -14.1. The highest BCUT2D eigenvalue weighted by Gasteiger charge is 2.55. The van der Waals surface area contributed by atoms with Gasteiger partial charge >= 0.3 is 59.7 Å². The second-order valence-electron chi connectivity index (χ2n) is 29.5. The molecule has 3 heterocycles. The molecule has 0 aromatic rings. The number of rotatable bonds is 68. The number of hydrogen-bond acceptors (Lipinski definition) is 41. The molecule has 3 saturated heterocycles. The molecule has 3 fully saturated rings. The van der Waals surface area contributed by atoms with E-state index in [1.54, 1.807) is 0 Å². The third kappa shape index (κ3) is 51.3. The van der Waals surface area contributed by atoms with Crippen LogP contribution >= 0.6 is 0 Å². The average Bonchev–Trinajstić information content (AvgIpc) is 0.795. The highest BCUT2D eigenvalue weighted by molar-refractivity contribution is 5.79. The molecule has 0 bridgehead atoms. The van der Waals surface area contributed by atoms with E-state index in [0.717, 1.165) is 62.3 Å². The molecule has 7 amide bonds. The molecule has 3 aliphatic rings. The van der Waals surface area contributed by atoms with Crippen LogP contribution in [-0.2, 0) is 195 Å². The van der Waals surface area contributed by atoms with E-state index in [4.69, 9.17) is 119 Å². The van der Waals surface area contributed by atoms with Crippen molar-refractivity contribution >= 4 is 101 Å². The van der Waals surface area contributed by atoms with Gasteiger partial charge in [-0.15, -0.1) is 0 Å². The lowest BCUT2D eigenvalue weighted by molar-refractivity contribution is -0.279. The zero-order valence-corrected chi connectivity index (χ0v) is 75.8. The first-order valence-electron chi connectivity index (χ1n) is 42.5. The Kier molecular flexibility index (Phi) is 58.0. The van der Waals surface area contributed by atoms with Gasteiger partial charge in [0.2, 0.25) is 41.4 Å². The first-order valence-corrected chi connectivity index (χ1v) is 42.5. The number of esters is 9. The maximum atomic E-state index is 13.8. The Labute approximate surface area is 752 Å². The van der Waals surface area contributed by atoms with Crippen LogP contribution in [-0.4, -0.2) is 382 Å². The number of aliphatic carboxylic acids is 1. The molecular formula is C81H131N7O42. The lowest BCUT2D eigenvalue weighted by atomic mass is 9.96. The number of carboxylic acid groups (broad SMARTS) is 1. The fraction of sp³-hybridized carbons (Fsp3) is 0.790. The zero-order chi connectivity index (χ0) is 96.4. The molecule has 0 aliphatic carbocycles. The molecule has 0 aromatic carbocycles. The van der Waals surface area contributed by atoms with Crippen LogP contribution in [0.25, 0.3) is 0 Å². The molecule has 130 heavy (non-hydrogen) atoms. The number of nitrogens with one attached hydrogen (secondary N) is 7. The highest BCUT2D eigenvalue weighted by Crippen LogP contribution is 2.32. The largest absolute Gasteiger partial charge is 0.481 e. The van der Waals surface area contributed by atoms with Gasteiger partial charge < -0.3 is 156 Å². The Morgan fingerprint density at radius 2 is 0.531 bits per heavy atom. The minimum atomic E-state index is -1.51. The van der Waals surface area contributed by atoms with Crippen LogP contribution in [0.15, 0.2) is 0 Å². The Morgan fingerprint density at radius 1 is 0.277 bits per heavy atom. The van der Waals surface area contributed by atoms with E-state index in [2.05, 4.69) is 37.2 Å². The van der Waals surface area contributed by atoms with E-state index >= 15 is 0 Å². The molecule has 0 aromatic heterocycles. The van der Waals surface area contributed by atoms with Gasteiger partial charge in [-0.2, -0.15) is 0 Å². The maximum Gasteiger partial charge on any atom is 0.303 e. The third-order valence-electron chi connectivity index (χ3n) is 18.1. The molecule has 49 heteroatoms. The van der Waals surface area contributed by atoms with Gasteiger partial charge in [-0.1, -0.05) is 12.8 Å². The van der Waals surface area contributed by atoms with E-state index in [9.17, 15) is 81.5 Å². The van der Waals surface area contributed by atoms with E-state index < -0.39 is 218 Å². The van der Waals surface area contributed by atoms with E-state index in [1.807, 2.05) is 0 Å². The van der Waals surface area contributed by atoms with E-state index in [0.29, 0.717) is 25.7 Å². The molecular weight excluding hydrogens is 1740 g/mol. The summed E-state index contributed by atoms with van der Waals surface area (Å²) in [5.74, 6) is -11.1. The lowest BCUT2D eigenvalue weighted by Crippen LogP contribution is -2.66. The number of carboxylic acids is 1. The van der Waals surface area contributed by atoms with Crippen LogP contribution in [0.4, 0.5) is 0 Å². The van der Waals surface area contributed by atoms with Crippen LogP contribution < -0.4 is 37.2 Å². The minimum absolute atomic E-state index is 0.0146. The van der Waals surface area contributed by atoms with Crippen molar-refractivity contribution in [3.05, 3.63) is 0 Å². The van der Waals surface area contributed by atoms with Crippen molar-refractivity contribution in [2.45, 2.75) is 238 Å². The molecule has 8 N–H and O–H groups in total. The second kappa shape index (κ2) is 65.9. The molecule has 15 atom stereocenters. The van der Waals surface area contributed by atoms with Crippen molar-refractivity contribution < 1.29 is 200 Å². The van der Waals surface area contributed by atoms with Gasteiger partial charge in [-0.3, -0.25) is 81.5 Å². The van der Waals surface area contributed by atoms with Gasteiger partial charge in [-0.05, 0) is 12.8 Å². The van der Waals surface area contributed by atoms with Gasteiger partial charge in [-0.25, -0.2) is 0 Å². The summed E-state index contributed by atoms with van der Waals surface area (Å²) in [7, 11) is 0. The van der Waals surface area contributed by atoms with Crippen LogP contribution in [0, 0.1) is 0 Å². The molecule has 0 saturated carbocycles. The Bertz CT molecular complexity index is 3190. The van der Waals surface area contributed by atoms with Crippen molar-refractivity contribution in [1.29, 1.82) is 0 Å². The summed E-state index contributed by atoms with van der Waals surface area (Å²) in [4.78, 5) is 209. The van der Waals surface area contributed by atoms with Gasteiger partial charge in [0.15, 0.2) is 55.5 Å². The molecule has 3 rings (SSSR count). The van der Waals surface area contributed by atoms with E-state index in [-0.39, 0.29) is 190 Å². The molecule has 3 aliphatic heterocycles. The smallest absolute Gasteiger partial charge is 0.303 e. The summed E-state index contributed by atoms with van der Waals surface area (Å²) < 4.78 is 136. The molecule has 0 spiro atoms. The molecule has 15 unspecified atom stereocenters. The van der Waals surface area contributed by atoms with E-state index in [1.165, 1.54) is 20.8 Å². The minimum Gasteiger partial charge on any atom is -0.481 e. The first-order chi connectivity index (χ1) is 61.9. The third-order valence-corrected chi connectivity index (χ3v) is 18.1. The van der Waals surface area contributed by atoms with Crippen LogP contribution in [0.2, 0.25) is 0 Å². The Hall–Kier alpha value is -9.61. The van der Waals surface area contributed by atoms with Crippen molar-refractivity contribution in [2.75, 3.05) is 178 Å². The zero-order valence-electron chi connectivity index (χ0n) is 75.8. The molecule has 49 nitrogen and oxygen atoms in total. The summed E-state index contributed by atoms with van der Waals surface area (Å²) in [6, 6.07) is -3.55. The number of ether oxygens (including phenoxy) is 24. The maximum absolute atomic E-state index is 13.8. The number of amides is 7. The predicted octanol–water partition coefficient (Wildman–Crippen LogP) is -3.05. The lowest BCUT2D eigenvalue weighted by Gasteiger charge is -2.44. The molecule has 0 radical (unpaired) electrons. The summed E-state index contributed by atoms with van der Waals surface area (Å²) in [6.45, 7) is 11.2. The monoisotopic (exact) mass is 1870 g/mol. The number of unbranched alkanes of at least 4 members (excludes halogenated alkanes) is 3. The molecule has 742 valence electrons. The Morgan fingerprint density at radius 3 is 0.785 bits per heavy atom. The number of hydrogen-bond donors (Lipinski definition) is 8. The average molecular weight is 1870 g/mol. The topological polar surface area (TPSA) is 616 Å². The highest BCUT2D eigenvalue weighted by atomic mass is 16.7. The Balaban J connectivity index is 1.63. The van der Waals surface area contributed by atoms with Gasteiger partial charge in [0.1, 0.15) is 61.8 Å². The van der Waals surface area contributed by atoms with Crippen molar-refractivity contribution in [2.24, 2.45) is 0 Å². The van der Waals surface area contributed by atoms with Gasteiger partial charge in [0.25, 0.3) is 0 Å². The van der Waals surface area contributed by atoms with Crippen LogP contribution in [0.5, 0.6) is 0 Å². The fourth-order valence-electron chi connectivity index (χ4n) is 12.8. The summed E-state index contributed by atoms with van der Waals surface area (Å²) in [5, 5.41) is 28.1. The first kappa shape index (κ1) is 115. The summed E-state index contributed by atoms with van der Waals surface area (Å²) in [5.41, 5.74) is -1.51. The van der Waals surface area contributed by atoms with Crippen molar-refractivity contribution in [3.8, 4) is 0 Å². The van der Waals surface area contributed by atoms with Crippen LogP contribution in [0.3, 0.4) is 0 Å². The number of carbonyl (C=O) groups excluding carboxylic acids is 16. The fourth-order valence-corrected chi connectivity index (χ4v) is 12.8. The SMILES string of the molecule is CC(=O)NC1C(OCCOCCOCCNC(=O)CCOCC(COCCC(=O)NCCOCCOCCOC2OC(COC(C)=O)C(OC(C)=O)C(OC(C)=O)C2NC(C)=O)(COCCC(=O)NCCOCCOCCOC2OC(COC(C)=O)C(OC(C)=O)C(OC(C)=O)C2NC(C)=O)NC(=O)CCCCCCC(=O)O)OC(COC(C)=O)C(OC(C)=O)C1OC(C)=O. The standard InChI is InChI=1S/C81H131N7O42/c1-49(89)85-69-75(125-58(10)98)72(122-55(7)95)61(43-119-52(4)92)128-78(69)116-40-37-110-34-31-107-28-22-82-64(101)19-25-113-46-81(88-67(104)17-15-13-14-16-18-68(105)106,47-114-26-20-65(102)83-23-29-108-32-35-111-38-41-117-79-70(86-50(2)90)76(126-59(11)99)73(123-56(8)96)62(129-79)44-120-53(5)93)48-115-27-21-66(103)84-24-30-109-33-36-112-39-42-118-80-71(87-51(3)91)77(127-60(12)100)74(124-57(9)97)63(130-80)45-121-54(6)94/h61-63,69-80H,13-48H2,1-12H3,(H,82,101)(H,83,102)(H,84,103)(H,85,89)(H,86,90)(H,87,91)(H,88,104)(H,105,106). The summed E-state index contributed by atoms with van der Waals surface area (Å²) >= 11 is 0. The predicted molar refractivity (Wildman–Crippen MR) is 436 cm³/mol. The van der Waals surface area contributed by atoms with Gasteiger partial charge in [0, 0.05) is 135 Å². The van der Waals surface area contributed by atoms with Crippen molar-refractivity contribution in [3.63, 3.8) is 0 Å².